The van der Waals surface area contributed by atoms with Crippen LogP contribution >= 0.6 is 0 Å². The lowest BCUT2D eigenvalue weighted by Crippen LogP contribution is -2.18. The van der Waals surface area contributed by atoms with Gasteiger partial charge in [0.05, 0.1) is 0 Å². The van der Waals surface area contributed by atoms with E-state index in [0.717, 1.165) is 19.4 Å². The Balaban J connectivity index is 1.92. The predicted molar refractivity (Wildman–Crippen MR) is 66.4 cm³/mol. The summed E-state index contributed by atoms with van der Waals surface area (Å²) >= 11 is 0. The van der Waals surface area contributed by atoms with Crippen LogP contribution in [0.3, 0.4) is 0 Å². The van der Waals surface area contributed by atoms with Crippen molar-refractivity contribution in [1.29, 1.82) is 0 Å². The van der Waals surface area contributed by atoms with Crippen LogP contribution in [0.2, 0.25) is 0 Å². The molecular formula is C14H21NO. The molecule has 2 rings (SSSR count). The SMILES string of the molecule is OCCCc1cccc(CN2CCCC2)c1. The Morgan fingerprint density at radius 1 is 1.12 bits per heavy atom. The molecule has 0 radical (unpaired) electrons. The summed E-state index contributed by atoms with van der Waals surface area (Å²) in [6, 6.07) is 8.79. The molecule has 1 fully saturated rings. The summed E-state index contributed by atoms with van der Waals surface area (Å²) in [7, 11) is 0. The summed E-state index contributed by atoms with van der Waals surface area (Å²) in [4.78, 5) is 2.52. The number of aliphatic hydroxyl groups excluding tert-OH is 1. The second-order valence-electron chi connectivity index (χ2n) is 4.63. The first kappa shape index (κ1) is 11.6. The summed E-state index contributed by atoms with van der Waals surface area (Å²) in [6.45, 7) is 3.88. The fraction of sp³-hybridized carbons (Fsp3) is 0.571. The molecule has 1 aromatic carbocycles. The van der Waals surface area contributed by atoms with Gasteiger partial charge in [0.2, 0.25) is 0 Å². The molecule has 0 amide bonds. The van der Waals surface area contributed by atoms with Gasteiger partial charge in [-0.25, -0.2) is 0 Å². The zero-order chi connectivity index (χ0) is 11.2. The molecule has 0 bridgehead atoms. The van der Waals surface area contributed by atoms with Gasteiger partial charge < -0.3 is 5.11 Å². The van der Waals surface area contributed by atoms with Crippen LogP contribution in [0.4, 0.5) is 0 Å². The molecule has 1 saturated heterocycles. The number of aliphatic hydroxyl groups is 1. The first-order valence-corrected chi connectivity index (χ1v) is 6.29. The minimum Gasteiger partial charge on any atom is -0.396 e. The monoisotopic (exact) mass is 219 g/mol. The van der Waals surface area contributed by atoms with Crippen LogP contribution in [-0.4, -0.2) is 29.7 Å². The van der Waals surface area contributed by atoms with Crippen LogP contribution in [0.5, 0.6) is 0 Å². The fourth-order valence-electron chi connectivity index (χ4n) is 2.37. The van der Waals surface area contributed by atoms with Crippen LogP contribution < -0.4 is 0 Å². The quantitative estimate of drug-likeness (QED) is 0.820. The molecular weight excluding hydrogens is 198 g/mol. The molecule has 1 heterocycles. The molecule has 2 nitrogen and oxygen atoms in total. The Kier molecular flexibility index (Phi) is 4.37. The van der Waals surface area contributed by atoms with E-state index >= 15 is 0 Å². The number of likely N-dealkylation sites (tertiary alicyclic amines) is 1. The molecule has 0 atom stereocenters. The molecule has 1 aromatic rings. The minimum atomic E-state index is 0.288. The minimum absolute atomic E-state index is 0.288. The summed E-state index contributed by atoms with van der Waals surface area (Å²) in [6.07, 6.45) is 4.56. The molecule has 88 valence electrons. The van der Waals surface area contributed by atoms with Crippen molar-refractivity contribution in [2.45, 2.75) is 32.2 Å². The second kappa shape index (κ2) is 6.02. The molecule has 0 aliphatic carbocycles. The van der Waals surface area contributed by atoms with Gasteiger partial charge in [-0.15, -0.1) is 0 Å². The number of rotatable bonds is 5. The summed E-state index contributed by atoms with van der Waals surface area (Å²) in [5, 5.41) is 8.82. The highest BCUT2D eigenvalue weighted by Gasteiger charge is 2.11. The normalized spacial score (nSPS) is 16.8. The van der Waals surface area contributed by atoms with Crippen molar-refractivity contribution in [3.05, 3.63) is 35.4 Å². The van der Waals surface area contributed by atoms with Crippen molar-refractivity contribution < 1.29 is 5.11 Å². The van der Waals surface area contributed by atoms with Crippen LogP contribution in [0.15, 0.2) is 24.3 Å². The van der Waals surface area contributed by atoms with E-state index in [-0.39, 0.29) is 6.61 Å². The summed E-state index contributed by atoms with van der Waals surface area (Å²) in [5.41, 5.74) is 2.77. The van der Waals surface area contributed by atoms with Gasteiger partial charge in [-0.3, -0.25) is 4.90 Å². The summed E-state index contributed by atoms with van der Waals surface area (Å²) in [5.74, 6) is 0. The Morgan fingerprint density at radius 2 is 1.88 bits per heavy atom. The van der Waals surface area contributed by atoms with Crippen molar-refractivity contribution >= 4 is 0 Å². The second-order valence-corrected chi connectivity index (χ2v) is 4.63. The average molecular weight is 219 g/mol. The maximum Gasteiger partial charge on any atom is 0.0434 e. The van der Waals surface area contributed by atoms with Crippen LogP contribution in [0.25, 0.3) is 0 Å². The zero-order valence-corrected chi connectivity index (χ0v) is 9.86. The number of benzene rings is 1. The number of aryl methyl sites for hydroxylation is 1. The third kappa shape index (κ3) is 3.32. The maximum atomic E-state index is 8.82. The molecule has 1 aliphatic heterocycles. The van der Waals surface area contributed by atoms with Crippen LogP contribution in [-0.2, 0) is 13.0 Å². The average Bonchev–Trinajstić information content (AvgIpc) is 2.80. The first-order valence-electron chi connectivity index (χ1n) is 6.29. The predicted octanol–water partition coefficient (Wildman–Crippen LogP) is 2.21. The standard InChI is InChI=1S/C14H21NO/c16-10-4-7-13-5-3-6-14(11-13)12-15-8-1-2-9-15/h3,5-6,11,16H,1-2,4,7-10,12H2. The van der Waals surface area contributed by atoms with Gasteiger partial charge in [-0.1, -0.05) is 24.3 Å². The van der Waals surface area contributed by atoms with Gasteiger partial charge >= 0.3 is 0 Å². The molecule has 0 unspecified atom stereocenters. The number of nitrogens with zero attached hydrogens (tertiary/aromatic N) is 1. The van der Waals surface area contributed by atoms with E-state index in [9.17, 15) is 0 Å². The first-order chi connectivity index (χ1) is 7.88. The van der Waals surface area contributed by atoms with E-state index in [4.69, 9.17) is 5.11 Å². The zero-order valence-electron chi connectivity index (χ0n) is 9.86. The van der Waals surface area contributed by atoms with E-state index in [0.29, 0.717) is 0 Å². The molecule has 2 heteroatoms. The largest absolute Gasteiger partial charge is 0.396 e. The topological polar surface area (TPSA) is 23.5 Å². The van der Waals surface area contributed by atoms with Crippen molar-refractivity contribution in [2.75, 3.05) is 19.7 Å². The van der Waals surface area contributed by atoms with Gasteiger partial charge in [0.25, 0.3) is 0 Å². The molecule has 0 spiro atoms. The Hall–Kier alpha value is -0.860. The van der Waals surface area contributed by atoms with E-state index in [1.807, 2.05) is 0 Å². The van der Waals surface area contributed by atoms with Crippen molar-refractivity contribution in [3.8, 4) is 0 Å². The third-order valence-corrected chi connectivity index (χ3v) is 3.22. The van der Waals surface area contributed by atoms with Crippen LogP contribution in [0.1, 0.15) is 30.4 Å². The highest BCUT2D eigenvalue weighted by Crippen LogP contribution is 2.14. The Morgan fingerprint density at radius 3 is 2.62 bits per heavy atom. The lowest BCUT2D eigenvalue weighted by molar-refractivity contribution is 0.288. The highest BCUT2D eigenvalue weighted by molar-refractivity contribution is 5.23. The number of hydrogen-bond acceptors (Lipinski definition) is 2. The van der Waals surface area contributed by atoms with Gasteiger partial charge in [0.1, 0.15) is 0 Å². The van der Waals surface area contributed by atoms with E-state index < -0.39 is 0 Å². The molecule has 1 N–H and O–H groups in total. The maximum absolute atomic E-state index is 8.82. The Labute approximate surface area is 97.9 Å². The fourth-order valence-corrected chi connectivity index (χ4v) is 2.37. The van der Waals surface area contributed by atoms with Gasteiger partial charge in [0, 0.05) is 13.2 Å². The van der Waals surface area contributed by atoms with E-state index in [2.05, 4.69) is 29.2 Å². The van der Waals surface area contributed by atoms with Gasteiger partial charge in [-0.05, 0) is 49.9 Å². The molecule has 0 aromatic heterocycles. The van der Waals surface area contributed by atoms with Gasteiger partial charge in [0.15, 0.2) is 0 Å². The molecule has 0 saturated carbocycles. The van der Waals surface area contributed by atoms with E-state index in [1.165, 1.54) is 37.1 Å². The van der Waals surface area contributed by atoms with Crippen molar-refractivity contribution in [3.63, 3.8) is 0 Å². The number of hydrogen-bond donors (Lipinski definition) is 1. The Bertz CT molecular complexity index is 318. The van der Waals surface area contributed by atoms with E-state index in [1.54, 1.807) is 0 Å². The van der Waals surface area contributed by atoms with Crippen molar-refractivity contribution in [1.82, 2.24) is 4.90 Å². The lowest BCUT2D eigenvalue weighted by atomic mass is 10.1. The van der Waals surface area contributed by atoms with Crippen molar-refractivity contribution in [2.24, 2.45) is 0 Å². The lowest BCUT2D eigenvalue weighted by Gasteiger charge is -2.15. The summed E-state index contributed by atoms with van der Waals surface area (Å²) < 4.78 is 0. The van der Waals surface area contributed by atoms with Gasteiger partial charge in [-0.2, -0.15) is 0 Å². The van der Waals surface area contributed by atoms with Crippen LogP contribution in [0, 0.1) is 0 Å². The molecule has 16 heavy (non-hydrogen) atoms. The smallest absolute Gasteiger partial charge is 0.0434 e. The third-order valence-electron chi connectivity index (χ3n) is 3.22. The molecule has 1 aliphatic rings. The highest BCUT2D eigenvalue weighted by atomic mass is 16.2.